The molecule has 1 unspecified atom stereocenters. The monoisotopic (exact) mass is 365 g/mol. The van der Waals surface area contributed by atoms with Gasteiger partial charge in [-0.15, -0.1) is 0 Å². The Hall–Kier alpha value is -3.29. The molecule has 27 heavy (non-hydrogen) atoms. The van der Waals surface area contributed by atoms with E-state index in [0.29, 0.717) is 24.0 Å². The number of fused-ring (bicyclic) bond motifs is 1. The topological polar surface area (TPSA) is 90.1 Å². The van der Waals surface area contributed by atoms with Crippen molar-refractivity contribution in [2.24, 2.45) is 0 Å². The maximum Gasteiger partial charge on any atom is 0.267 e. The number of hydrogen-bond donors (Lipinski definition) is 0. The fourth-order valence-electron chi connectivity index (χ4n) is 3.49. The van der Waals surface area contributed by atoms with E-state index in [1.807, 2.05) is 18.2 Å². The van der Waals surface area contributed by atoms with E-state index in [0.717, 1.165) is 17.5 Å². The van der Waals surface area contributed by atoms with Crippen molar-refractivity contribution in [3.63, 3.8) is 0 Å². The largest absolute Gasteiger partial charge is 0.339 e. The minimum atomic E-state index is -0.311. The molecule has 138 valence electrons. The molecule has 1 aliphatic rings. The van der Waals surface area contributed by atoms with Crippen LogP contribution in [0, 0.1) is 0 Å². The van der Waals surface area contributed by atoms with Gasteiger partial charge in [0.15, 0.2) is 0 Å². The molecule has 1 aromatic carbocycles. The summed E-state index contributed by atoms with van der Waals surface area (Å²) in [7, 11) is 0. The van der Waals surface area contributed by atoms with E-state index in [4.69, 9.17) is 0 Å². The molecular weight excluding hydrogens is 346 g/mol. The number of carbonyl (C=O) groups excluding carboxylic acids is 1. The van der Waals surface area contributed by atoms with E-state index in [1.165, 1.54) is 12.3 Å². The Balaban J connectivity index is 1.56. The first-order chi connectivity index (χ1) is 13.1. The lowest BCUT2D eigenvalue weighted by atomic mass is 10.1. The van der Waals surface area contributed by atoms with Gasteiger partial charge < -0.3 is 4.90 Å². The van der Waals surface area contributed by atoms with Crippen LogP contribution in [-0.4, -0.2) is 43.2 Å². The average molecular weight is 365 g/mol. The molecule has 8 heteroatoms. The highest BCUT2D eigenvalue weighted by molar-refractivity contribution is 5.77. The minimum Gasteiger partial charge on any atom is -0.339 e. The molecule has 0 radical (unpaired) electrons. The molecule has 0 spiro atoms. The Morgan fingerprint density at radius 3 is 2.85 bits per heavy atom. The molecule has 1 saturated heterocycles. The molecule has 1 amide bonds. The molecule has 1 atom stereocenters. The average Bonchev–Trinajstić information content (AvgIpc) is 2.70. The molecule has 0 bridgehead atoms. The van der Waals surface area contributed by atoms with Crippen LogP contribution in [-0.2, 0) is 11.3 Å². The number of para-hydroxylation sites is 1. The van der Waals surface area contributed by atoms with Gasteiger partial charge in [-0.25, -0.2) is 9.67 Å². The van der Waals surface area contributed by atoms with Gasteiger partial charge in [0.05, 0.1) is 23.3 Å². The van der Waals surface area contributed by atoms with Gasteiger partial charge in [-0.2, -0.15) is 5.10 Å². The van der Waals surface area contributed by atoms with Gasteiger partial charge in [-0.1, -0.05) is 12.1 Å². The van der Waals surface area contributed by atoms with Crippen LogP contribution in [0.4, 0.5) is 0 Å². The Bertz CT molecular complexity index is 1100. The van der Waals surface area contributed by atoms with Gasteiger partial charge in [0, 0.05) is 25.4 Å². The fourth-order valence-corrected chi connectivity index (χ4v) is 3.49. The van der Waals surface area contributed by atoms with Gasteiger partial charge in [-0.05, 0) is 31.0 Å². The first kappa shape index (κ1) is 17.1. The third-order valence-electron chi connectivity index (χ3n) is 4.90. The van der Waals surface area contributed by atoms with Crippen molar-refractivity contribution in [2.75, 3.05) is 13.1 Å². The Labute approximate surface area is 154 Å². The molecule has 3 aromatic rings. The first-order valence-corrected chi connectivity index (χ1v) is 8.89. The molecule has 0 aliphatic carbocycles. The second-order valence-corrected chi connectivity index (χ2v) is 6.63. The van der Waals surface area contributed by atoms with Crippen molar-refractivity contribution in [3.05, 3.63) is 69.6 Å². The highest BCUT2D eigenvalue weighted by Gasteiger charge is 2.26. The molecule has 1 aliphatic heterocycles. The zero-order chi connectivity index (χ0) is 18.8. The van der Waals surface area contributed by atoms with Crippen molar-refractivity contribution >= 4 is 16.8 Å². The van der Waals surface area contributed by atoms with Crippen molar-refractivity contribution in [1.29, 1.82) is 0 Å². The lowest BCUT2D eigenvalue weighted by Crippen LogP contribution is -2.45. The summed E-state index contributed by atoms with van der Waals surface area (Å²) in [5, 5.41) is 4.50. The maximum absolute atomic E-state index is 12.8. The molecular formula is C19H19N5O3. The number of amides is 1. The predicted octanol–water partition coefficient (Wildman–Crippen LogP) is 0.817. The van der Waals surface area contributed by atoms with E-state index in [9.17, 15) is 14.4 Å². The second kappa shape index (κ2) is 7.14. The summed E-state index contributed by atoms with van der Waals surface area (Å²) in [5.74, 6) is -0.178. The Morgan fingerprint density at radius 1 is 1.15 bits per heavy atom. The number of hydrogen-bond acceptors (Lipinski definition) is 5. The van der Waals surface area contributed by atoms with Gasteiger partial charge in [0.1, 0.15) is 6.54 Å². The van der Waals surface area contributed by atoms with Crippen LogP contribution in [0.2, 0.25) is 0 Å². The zero-order valence-corrected chi connectivity index (χ0v) is 14.7. The van der Waals surface area contributed by atoms with Crippen LogP contribution in [0.5, 0.6) is 0 Å². The van der Waals surface area contributed by atoms with Crippen LogP contribution >= 0.6 is 0 Å². The van der Waals surface area contributed by atoms with E-state index in [2.05, 4.69) is 10.1 Å². The van der Waals surface area contributed by atoms with Gasteiger partial charge in [-0.3, -0.25) is 19.0 Å². The summed E-state index contributed by atoms with van der Waals surface area (Å²) in [6, 6.07) is 10.0. The van der Waals surface area contributed by atoms with Crippen LogP contribution in [0.15, 0.2) is 58.5 Å². The molecule has 2 aromatic heterocycles. The Morgan fingerprint density at radius 2 is 2.00 bits per heavy atom. The summed E-state index contributed by atoms with van der Waals surface area (Å²) in [6.45, 7) is 0.921. The number of aromatic nitrogens is 4. The van der Waals surface area contributed by atoms with Crippen LogP contribution < -0.4 is 11.1 Å². The van der Waals surface area contributed by atoms with Crippen molar-refractivity contribution in [3.8, 4) is 0 Å². The summed E-state index contributed by atoms with van der Waals surface area (Å²) >= 11 is 0. The Kier molecular flexibility index (Phi) is 4.53. The van der Waals surface area contributed by atoms with E-state index in [1.54, 1.807) is 27.9 Å². The lowest BCUT2D eigenvalue weighted by molar-refractivity contribution is -0.133. The van der Waals surface area contributed by atoms with Crippen LogP contribution in [0.3, 0.4) is 0 Å². The van der Waals surface area contributed by atoms with Gasteiger partial charge in [0.2, 0.25) is 5.91 Å². The van der Waals surface area contributed by atoms with E-state index < -0.39 is 0 Å². The van der Waals surface area contributed by atoms with Gasteiger partial charge >= 0.3 is 0 Å². The van der Waals surface area contributed by atoms with Crippen LogP contribution in [0.25, 0.3) is 10.9 Å². The molecule has 0 saturated carbocycles. The SMILES string of the molecule is O=C(Cn1ncccc1=O)N1CCCC(n2cnc3ccccc3c2=O)C1. The number of carbonyl (C=O) groups is 1. The van der Waals surface area contributed by atoms with E-state index >= 15 is 0 Å². The summed E-state index contributed by atoms with van der Waals surface area (Å²) in [5.41, 5.74) is 0.257. The molecule has 1 fully saturated rings. The number of piperidine rings is 1. The quantitative estimate of drug-likeness (QED) is 0.685. The van der Waals surface area contributed by atoms with Gasteiger partial charge in [0.25, 0.3) is 11.1 Å². The molecule has 3 heterocycles. The van der Waals surface area contributed by atoms with Crippen molar-refractivity contribution < 1.29 is 4.79 Å². The normalized spacial score (nSPS) is 17.2. The smallest absolute Gasteiger partial charge is 0.267 e. The molecule has 8 nitrogen and oxygen atoms in total. The predicted molar refractivity (Wildman–Crippen MR) is 99.4 cm³/mol. The number of rotatable bonds is 3. The first-order valence-electron chi connectivity index (χ1n) is 8.89. The standard InChI is InChI=1S/C19H19N5O3/c25-17-8-3-9-21-24(17)12-18(26)22-10-4-5-14(11-22)23-13-20-16-7-2-1-6-15(16)19(23)27/h1-3,6-9,13-14H,4-5,10-12H2. The minimum absolute atomic E-state index is 0.0964. The lowest BCUT2D eigenvalue weighted by Gasteiger charge is -2.33. The summed E-state index contributed by atoms with van der Waals surface area (Å²) < 4.78 is 2.77. The molecule has 4 rings (SSSR count). The summed E-state index contributed by atoms with van der Waals surface area (Å²) in [6.07, 6.45) is 4.63. The molecule has 0 N–H and O–H groups in total. The zero-order valence-electron chi connectivity index (χ0n) is 14.7. The van der Waals surface area contributed by atoms with E-state index in [-0.39, 0.29) is 29.6 Å². The third kappa shape index (κ3) is 3.38. The number of benzene rings is 1. The fraction of sp³-hybridized carbons (Fsp3) is 0.316. The van der Waals surface area contributed by atoms with Crippen molar-refractivity contribution in [1.82, 2.24) is 24.2 Å². The highest BCUT2D eigenvalue weighted by Crippen LogP contribution is 2.21. The summed E-state index contributed by atoms with van der Waals surface area (Å²) in [4.78, 5) is 43.3. The second-order valence-electron chi connectivity index (χ2n) is 6.63. The number of likely N-dealkylation sites (tertiary alicyclic amines) is 1. The third-order valence-corrected chi connectivity index (χ3v) is 4.90. The number of nitrogens with zero attached hydrogens (tertiary/aromatic N) is 5. The highest BCUT2D eigenvalue weighted by atomic mass is 16.2. The van der Waals surface area contributed by atoms with Crippen molar-refractivity contribution in [2.45, 2.75) is 25.4 Å². The van der Waals surface area contributed by atoms with Crippen LogP contribution in [0.1, 0.15) is 18.9 Å². The maximum atomic E-state index is 12.8.